The third-order valence-electron chi connectivity index (χ3n) is 3.36. The van der Waals surface area contributed by atoms with Crippen molar-refractivity contribution in [1.29, 1.82) is 0 Å². The van der Waals surface area contributed by atoms with Gasteiger partial charge >= 0.3 is 0 Å². The number of hydrogen-bond donors (Lipinski definition) is 0. The summed E-state index contributed by atoms with van der Waals surface area (Å²) in [7, 11) is 0. The molecule has 13 heavy (non-hydrogen) atoms. The van der Waals surface area contributed by atoms with Gasteiger partial charge in [-0.05, 0) is 35.8 Å². The zero-order valence-electron chi connectivity index (χ0n) is 8.18. The number of halogens is 1. The Morgan fingerprint density at radius 2 is 2.15 bits per heavy atom. The molecule has 1 saturated carbocycles. The summed E-state index contributed by atoms with van der Waals surface area (Å²) in [6, 6.07) is 8.76. The second-order valence-corrected chi connectivity index (χ2v) is 4.94. The Morgan fingerprint density at radius 3 is 2.69 bits per heavy atom. The average Bonchev–Trinajstić information content (AvgIpc) is 2.79. The first-order valence-electron chi connectivity index (χ1n) is 4.80. The largest absolute Gasteiger partial charge is 0.0925 e. The van der Waals surface area contributed by atoms with E-state index in [1.54, 1.807) is 5.56 Å². The van der Waals surface area contributed by atoms with Crippen molar-refractivity contribution < 1.29 is 0 Å². The van der Waals surface area contributed by atoms with Gasteiger partial charge in [0.2, 0.25) is 0 Å². The summed E-state index contributed by atoms with van der Waals surface area (Å²) in [6.45, 7) is 4.59. The maximum atomic E-state index is 3.57. The van der Waals surface area contributed by atoms with Crippen LogP contribution in [-0.2, 0) is 5.41 Å². The topological polar surface area (TPSA) is 0 Å². The smallest absolute Gasteiger partial charge is 0.00684 e. The molecule has 1 aromatic rings. The molecule has 2 atom stereocenters. The average molecular weight is 239 g/mol. The minimum atomic E-state index is 0.453. The maximum Gasteiger partial charge on any atom is 0.00684 e. The maximum absolute atomic E-state index is 3.57. The third-order valence-corrected chi connectivity index (χ3v) is 4.14. The Morgan fingerprint density at radius 1 is 1.46 bits per heavy atom. The van der Waals surface area contributed by atoms with Crippen molar-refractivity contribution in [3.05, 3.63) is 35.4 Å². The summed E-state index contributed by atoms with van der Waals surface area (Å²) in [5.41, 5.74) is 3.43. The van der Waals surface area contributed by atoms with Gasteiger partial charge in [0.1, 0.15) is 0 Å². The molecule has 0 saturated heterocycles. The summed E-state index contributed by atoms with van der Waals surface area (Å²) in [5, 5.41) is 1.14. The Labute approximate surface area is 88.5 Å². The van der Waals surface area contributed by atoms with Crippen LogP contribution < -0.4 is 0 Å². The van der Waals surface area contributed by atoms with Crippen LogP contribution in [0.3, 0.4) is 0 Å². The van der Waals surface area contributed by atoms with Gasteiger partial charge in [-0.15, -0.1) is 0 Å². The van der Waals surface area contributed by atoms with Crippen LogP contribution in [0.4, 0.5) is 0 Å². The minimum Gasteiger partial charge on any atom is -0.0925 e. The van der Waals surface area contributed by atoms with E-state index in [2.05, 4.69) is 54.0 Å². The van der Waals surface area contributed by atoms with Crippen LogP contribution >= 0.6 is 15.9 Å². The van der Waals surface area contributed by atoms with Gasteiger partial charge in [-0.25, -0.2) is 0 Å². The molecule has 0 bridgehead atoms. The van der Waals surface area contributed by atoms with Crippen molar-refractivity contribution >= 4 is 15.9 Å². The number of rotatable bonds is 2. The predicted octanol–water partition coefficient (Wildman–Crippen LogP) is 3.67. The van der Waals surface area contributed by atoms with E-state index in [0.717, 1.165) is 11.2 Å². The summed E-state index contributed by atoms with van der Waals surface area (Å²) < 4.78 is 0. The molecular formula is C12H15Br. The fourth-order valence-corrected chi connectivity index (χ4v) is 3.16. The Hall–Kier alpha value is -0.300. The molecule has 1 aliphatic rings. The summed E-state index contributed by atoms with van der Waals surface area (Å²) >= 11 is 3.57. The number of aryl methyl sites for hydroxylation is 1. The second kappa shape index (κ2) is 3.13. The first-order chi connectivity index (χ1) is 6.18. The first kappa shape index (κ1) is 9.26. The van der Waals surface area contributed by atoms with Gasteiger partial charge in [-0.3, -0.25) is 0 Å². The van der Waals surface area contributed by atoms with Crippen LogP contribution in [0.2, 0.25) is 0 Å². The van der Waals surface area contributed by atoms with Gasteiger partial charge in [0.05, 0.1) is 0 Å². The van der Waals surface area contributed by atoms with Crippen LogP contribution in [-0.4, -0.2) is 5.33 Å². The first-order valence-corrected chi connectivity index (χ1v) is 5.92. The highest BCUT2D eigenvalue weighted by molar-refractivity contribution is 9.09. The normalized spacial score (nSPS) is 31.8. The SMILES string of the molecule is Cc1ccccc1C1(C)CC1CBr. The molecule has 2 unspecified atom stereocenters. The molecular weight excluding hydrogens is 224 g/mol. The van der Waals surface area contributed by atoms with E-state index in [4.69, 9.17) is 0 Å². The van der Waals surface area contributed by atoms with Gasteiger partial charge < -0.3 is 0 Å². The summed E-state index contributed by atoms with van der Waals surface area (Å²) in [5.74, 6) is 0.841. The van der Waals surface area contributed by atoms with Gasteiger partial charge in [0, 0.05) is 5.33 Å². The molecule has 0 aromatic heterocycles. The van der Waals surface area contributed by atoms with E-state index in [1.807, 2.05) is 0 Å². The molecule has 0 amide bonds. The second-order valence-electron chi connectivity index (χ2n) is 4.29. The summed E-state index contributed by atoms with van der Waals surface area (Å²) in [6.07, 6.45) is 1.34. The highest BCUT2D eigenvalue weighted by atomic mass is 79.9. The molecule has 0 heterocycles. The number of hydrogen-bond acceptors (Lipinski definition) is 0. The van der Waals surface area contributed by atoms with Crippen LogP contribution in [0.15, 0.2) is 24.3 Å². The van der Waals surface area contributed by atoms with E-state index in [0.29, 0.717) is 5.41 Å². The predicted molar refractivity (Wildman–Crippen MR) is 60.4 cm³/mol. The Bertz CT molecular complexity index is 319. The van der Waals surface area contributed by atoms with E-state index >= 15 is 0 Å². The Kier molecular flexibility index (Phi) is 2.23. The highest BCUT2D eigenvalue weighted by Gasteiger charge is 2.50. The molecule has 0 N–H and O–H groups in total. The van der Waals surface area contributed by atoms with Crippen LogP contribution in [0.25, 0.3) is 0 Å². The van der Waals surface area contributed by atoms with Crippen molar-refractivity contribution in [2.45, 2.75) is 25.7 Å². The van der Waals surface area contributed by atoms with Gasteiger partial charge in [0.25, 0.3) is 0 Å². The quantitative estimate of drug-likeness (QED) is 0.691. The molecule has 0 spiro atoms. The van der Waals surface area contributed by atoms with Crippen molar-refractivity contribution in [1.82, 2.24) is 0 Å². The van der Waals surface area contributed by atoms with E-state index < -0.39 is 0 Å². The highest BCUT2D eigenvalue weighted by Crippen LogP contribution is 2.55. The lowest BCUT2D eigenvalue weighted by atomic mass is 9.92. The molecule has 0 nitrogen and oxygen atoms in total. The molecule has 1 heteroatoms. The standard InChI is InChI=1S/C12H15Br/c1-9-5-3-4-6-11(9)12(2)7-10(12)8-13/h3-6,10H,7-8H2,1-2H3. The molecule has 1 fully saturated rings. The zero-order valence-corrected chi connectivity index (χ0v) is 9.76. The van der Waals surface area contributed by atoms with Gasteiger partial charge in [0.15, 0.2) is 0 Å². The lowest BCUT2D eigenvalue weighted by Gasteiger charge is -2.13. The van der Waals surface area contributed by atoms with Gasteiger partial charge in [-0.2, -0.15) is 0 Å². The van der Waals surface area contributed by atoms with Crippen molar-refractivity contribution in [2.75, 3.05) is 5.33 Å². The number of benzene rings is 1. The molecule has 1 aromatic carbocycles. The van der Waals surface area contributed by atoms with Crippen LogP contribution in [0.1, 0.15) is 24.5 Å². The Balaban J connectivity index is 2.32. The lowest BCUT2D eigenvalue weighted by Crippen LogP contribution is -2.06. The fourth-order valence-electron chi connectivity index (χ4n) is 2.22. The molecule has 0 radical (unpaired) electrons. The minimum absolute atomic E-state index is 0.453. The van der Waals surface area contributed by atoms with Crippen molar-refractivity contribution in [2.24, 2.45) is 5.92 Å². The molecule has 70 valence electrons. The van der Waals surface area contributed by atoms with E-state index in [-0.39, 0.29) is 0 Å². The molecule has 2 rings (SSSR count). The van der Waals surface area contributed by atoms with E-state index in [9.17, 15) is 0 Å². The van der Waals surface area contributed by atoms with Gasteiger partial charge in [-0.1, -0.05) is 47.1 Å². The fraction of sp³-hybridized carbons (Fsp3) is 0.500. The monoisotopic (exact) mass is 238 g/mol. The van der Waals surface area contributed by atoms with Crippen molar-refractivity contribution in [3.63, 3.8) is 0 Å². The molecule has 0 aliphatic heterocycles. The molecule has 1 aliphatic carbocycles. The van der Waals surface area contributed by atoms with Crippen LogP contribution in [0, 0.1) is 12.8 Å². The van der Waals surface area contributed by atoms with Crippen LogP contribution in [0.5, 0.6) is 0 Å². The van der Waals surface area contributed by atoms with Crippen molar-refractivity contribution in [3.8, 4) is 0 Å². The lowest BCUT2D eigenvalue weighted by molar-refractivity contribution is 0.704. The zero-order chi connectivity index (χ0) is 9.47. The third kappa shape index (κ3) is 1.43. The van der Waals surface area contributed by atoms with E-state index in [1.165, 1.54) is 12.0 Å². The number of alkyl halides is 1. The summed E-state index contributed by atoms with van der Waals surface area (Å²) in [4.78, 5) is 0.